The lowest BCUT2D eigenvalue weighted by molar-refractivity contribution is -0.135. The summed E-state index contributed by atoms with van der Waals surface area (Å²) >= 11 is 0. The first kappa shape index (κ1) is 19.0. The van der Waals surface area contributed by atoms with Crippen molar-refractivity contribution in [2.75, 3.05) is 6.54 Å². The largest absolute Gasteiger partial charge is 0.337 e. The van der Waals surface area contributed by atoms with Gasteiger partial charge in [0.15, 0.2) is 0 Å². The minimum atomic E-state index is -0.310. The van der Waals surface area contributed by atoms with Gasteiger partial charge in [0, 0.05) is 31.4 Å². The molecule has 0 aliphatic heterocycles. The van der Waals surface area contributed by atoms with E-state index < -0.39 is 0 Å². The van der Waals surface area contributed by atoms with Crippen molar-refractivity contribution in [3.63, 3.8) is 0 Å². The molecule has 0 spiro atoms. The molecule has 0 saturated heterocycles. The van der Waals surface area contributed by atoms with Crippen molar-refractivity contribution in [1.29, 1.82) is 0 Å². The van der Waals surface area contributed by atoms with E-state index in [2.05, 4.69) is 48.1 Å². The van der Waals surface area contributed by atoms with Gasteiger partial charge in [-0.15, -0.1) is 0 Å². The predicted octanol–water partition coefficient (Wildman–Crippen LogP) is 4.45. The van der Waals surface area contributed by atoms with Crippen LogP contribution in [0.25, 0.3) is 0 Å². The summed E-state index contributed by atoms with van der Waals surface area (Å²) < 4.78 is 1.93. The van der Waals surface area contributed by atoms with Crippen LogP contribution in [0.1, 0.15) is 54.6 Å². The summed E-state index contributed by atoms with van der Waals surface area (Å²) in [7, 11) is 1.98. The number of hydrogen-bond acceptors (Lipinski definition) is 2. The molecular weight excluding hydrogens is 346 g/mol. The van der Waals surface area contributed by atoms with Crippen molar-refractivity contribution in [3.05, 3.63) is 65.0 Å². The molecule has 4 nitrogen and oxygen atoms in total. The lowest BCUT2D eigenvalue weighted by Crippen LogP contribution is -2.42. The highest BCUT2D eigenvalue weighted by Gasteiger charge is 2.53. The molecular formula is C24H31N3O. The monoisotopic (exact) mass is 377 g/mol. The SMILES string of the molecule is Cc1nn(C)c(C)c1CN(C[C@@H]1CC=CCC1)C(=O)C1(c2ccccc2)CC1. The van der Waals surface area contributed by atoms with Gasteiger partial charge in [0.2, 0.25) is 5.91 Å². The number of hydrogen-bond donors (Lipinski definition) is 0. The third kappa shape index (κ3) is 3.52. The van der Waals surface area contributed by atoms with E-state index in [1.54, 1.807) is 0 Å². The molecule has 0 N–H and O–H groups in total. The fraction of sp³-hybridized carbons (Fsp3) is 0.500. The summed E-state index contributed by atoms with van der Waals surface area (Å²) in [6.45, 7) is 5.66. The van der Waals surface area contributed by atoms with E-state index in [1.165, 1.54) is 17.5 Å². The minimum absolute atomic E-state index is 0.302. The van der Waals surface area contributed by atoms with Crippen molar-refractivity contribution >= 4 is 5.91 Å². The van der Waals surface area contributed by atoms with E-state index in [4.69, 9.17) is 0 Å². The number of allylic oxidation sites excluding steroid dienone is 2. The topological polar surface area (TPSA) is 38.1 Å². The van der Waals surface area contributed by atoms with E-state index in [0.717, 1.165) is 43.6 Å². The Labute approximate surface area is 168 Å². The van der Waals surface area contributed by atoms with Crippen LogP contribution in [0.4, 0.5) is 0 Å². The third-order valence-corrected chi connectivity index (χ3v) is 6.64. The Hall–Kier alpha value is -2.36. The number of amides is 1. The van der Waals surface area contributed by atoms with Crippen LogP contribution >= 0.6 is 0 Å². The number of aryl methyl sites for hydroxylation is 2. The van der Waals surface area contributed by atoms with Gasteiger partial charge >= 0.3 is 0 Å². The van der Waals surface area contributed by atoms with Crippen molar-refractivity contribution in [2.45, 2.75) is 57.9 Å². The molecule has 1 aromatic heterocycles. The lowest BCUT2D eigenvalue weighted by atomic mass is 9.91. The maximum Gasteiger partial charge on any atom is 0.233 e. The molecule has 1 amide bonds. The molecule has 148 valence electrons. The van der Waals surface area contributed by atoms with Gasteiger partial charge in [0.25, 0.3) is 0 Å². The average molecular weight is 378 g/mol. The highest BCUT2D eigenvalue weighted by atomic mass is 16.2. The predicted molar refractivity (Wildman–Crippen MR) is 112 cm³/mol. The van der Waals surface area contributed by atoms with Gasteiger partial charge in [0.1, 0.15) is 0 Å². The summed E-state index contributed by atoms with van der Waals surface area (Å²) in [5.41, 5.74) is 4.25. The molecule has 2 aliphatic carbocycles. The Morgan fingerprint density at radius 1 is 1.21 bits per heavy atom. The van der Waals surface area contributed by atoms with Crippen molar-refractivity contribution < 1.29 is 4.79 Å². The molecule has 2 aliphatic rings. The lowest BCUT2D eigenvalue weighted by Gasteiger charge is -2.32. The maximum atomic E-state index is 13.8. The van der Waals surface area contributed by atoms with Crippen LogP contribution in [0.2, 0.25) is 0 Å². The molecule has 0 radical (unpaired) electrons. The molecule has 0 bridgehead atoms. The fourth-order valence-electron chi connectivity index (χ4n) is 4.60. The molecule has 1 atom stereocenters. The second-order valence-electron chi connectivity index (χ2n) is 8.56. The standard InChI is InChI=1S/C24H31N3O/c1-18-22(19(2)26(3)25-18)17-27(16-20-10-6-4-7-11-20)23(28)24(14-15-24)21-12-8-5-9-13-21/h4-6,8-9,12-13,20H,7,10-11,14-17H2,1-3H3/t20-/m1/s1. The molecule has 0 unspecified atom stereocenters. The highest BCUT2D eigenvalue weighted by Crippen LogP contribution is 2.50. The van der Waals surface area contributed by atoms with Crippen LogP contribution in [0.5, 0.6) is 0 Å². The van der Waals surface area contributed by atoms with E-state index in [1.807, 2.05) is 29.9 Å². The number of benzene rings is 1. The fourth-order valence-corrected chi connectivity index (χ4v) is 4.60. The number of nitrogens with zero attached hydrogens (tertiary/aromatic N) is 3. The van der Waals surface area contributed by atoms with Crippen LogP contribution in [0, 0.1) is 19.8 Å². The highest BCUT2D eigenvalue weighted by molar-refractivity contribution is 5.91. The van der Waals surface area contributed by atoms with Crippen LogP contribution in [-0.4, -0.2) is 27.1 Å². The van der Waals surface area contributed by atoms with Crippen LogP contribution < -0.4 is 0 Å². The van der Waals surface area contributed by atoms with E-state index in [0.29, 0.717) is 18.4 Å². The van der Waals surface area contributed by atoms with Crippen LogP contribution in [0.15, 0.2) is 42.5 Å². The van der Waals surface area contributed by atoms with Gasteiger partial charge in [-0.3, -0.25) is 9.48 Å². The minimum Gasteiger partial charge on any atom is -0.337 e. The maximum absolute atomic E-state index is 13.8. The van der Waals surface area contributed by atoms with Crippen molar-refractivity contribution in [3.8, 4) is 0 Å². The molecule has 1 heterocycles. The van der Waals surface area contributed by atoms with Gasteiger partial charge < -0.3 is 4.90 Å². The summed E-state index contributed by atoms with van der Waals surface area (Å²) in [6.07, 6.45) is 9.84. The van der Waals surface area contributed by atoms with Crippen molar-refractivity contribution in [1.82, 2.24) is 14.7 Å². The molecule has 1 aromatic carbocycles. The number of carbonyl (C=O) groups is 1. The van der Waals surface area contributed by atoms with Gasteiger partial charge in [-0.05, 0) is 57.4 Å². The van der Waals surface area contributed by atoms with E-state index in [-0.39, 0.29) is 5.41 Å². The molecule has 4 rings (SSSR count). The first-order valence-electron chi connectivity index (χ1n) is 10.5. The Morgan fingerprint density at radius 2 is 1.96 bits per heavy atom. The third-order valence-electron chi connectivity index (χ3n) is 6.64. The second-order valence-corrected chi connectivity index (χ2v) is 8.56. The number of carbonyl (C=O) groups excluding carboxylic acids is 1. The quantitative estimate of drug-likeness (QED) is 0.698. The van der Waals surface area contributed by atoms with Gasteiger partial charge in [-0.2, -0.15) is 5.10 Å². The summed E-state index contributed by atoms with van der Waals surface area (Å²) in [6, 6.07) is 10.4. The molecule has 4 heteroatoms. The summed E-state index contributed by atoms with van der Waals surface area (Å²) in [5.74, 6) is 0.855. The van der Waals surface area contributed by atoms with E-state index in [9.17, 15) is 4.79 Å². The molecule has 2 aromatic rings. The first-order chi connectivity index (χ1) is 13.5. The normalized spacial score (nSPS) is 20.2. The van der Waals surface area contributed by atoms with Gasteiger partial charge in [0.05, 0.1) is 11.1 Å². The zero-order valence-electron chi connectivity index (χ0n) is 17.3. The molecule has 1 fully saturated rings. The first-order valence-corrected chi connectivity index (χ1v) is 10.5. The summed E-state index contributed by atoms with van der Waals surface area (Å²) in [4.78, 5) is 16.0. The number of aromatic nitrogens is 2. The Kier molecular flexibility index (Phi) is 5.13. The van der Waals surface area contributed by atoms with Gasteiger partial charge in [-0.25, -0.2) is 0 Å². The Morgan fingerprint density at radius 3 is 2.54 bits per heavy atom. The number of rotatable bonds is 6. The summed E-state index contributed by atoms with van der Waals surface area (Å²) in [5, 5.41) is 4.57. The smallest absolute Gasteiger partial charge is 0.233 e. The van der Waals surface area contributed by atoms with Crippen LogP contribution in [-0.2, 0) is 23.8 Å². The zero-order valence-corrected chi connectivity index (χ0v) is 17.3. The van der Waals surface area contributed by atoms with E-state index >= 15 is 0 Å². The van der Waals surface area contributed by atoms with Crippen molar-refractivity contribution in [2.24, 2.45) is 13.0 Å². The molecule has 1 saturated carbocycles. The second kappa shape index (κ2) is 7.57. The zero-order chi connectivity index (χ0) is 19.7. The molecule has 28 heavy (non-hydrogen) atoms. The van der Waals surface area contributed by atoms with Crippen LogP contribution in [0.3, 0.4) is 0 Å². The van der Waals surface area contributed by atoms with Gasteiger partial charge in [-0.1, -0.05) is 42.5 Å². The average Bonchev–Trinajstić information content (AvgIpc) is 3.49. The Balaban J connectivity index is 1.62. The Bertz CT molecular complexity index is 877.